The van der Waals surface area contributed by atoms with E-state index in [-0.39, 0.29) is 5.91 Å². The lowest BCUT2D eigenvalue weighted by Gasteiger charge is -2.22. The van der Waals surface area contributed by atoms with Gasteiger partial charge in [-0.2, -0.15) is 0 Å². The highest BCUT2D eigenvalue weighted by Gasteiger charge is 2.31. The van der Waals surface area contributed by atoms with Gasteiger partial charge in [-0.25, -0.2) is 0 Å². The Labute approximate surface area is 139 Å². The summed E-state index contributed by atoms with van der Waals surface area (Å²) in [6.45, 7) is 0.316. The Bertz CT molecular complexity index is 690. The average molecular weight is 416 g/mol. The molecule has 0 saturated heterocycles. The molecule has 3 N–H and O–H groups in total. The molecule has 0 radical (unpaired) electrons. The lowest BCUT2D eigenvalue weighted by atomic mass is 10.0. The second-order valence-electron chi connectivity index (χ2n) is 5.63. The number of aromatic amines is 1. The Kier molecular flexibility index (Phi) is 4.12. The van der Waals surface area contributed by atoms with Crippen molar-refractivity contribution in [3.05, 3.63) is 32.8 Å². The predicted molar refractivity (Wildman–Crippen MR) is 89.4 cm³/mol. The monoisotopic (exact) mass is 414 g/mol. The van der Waals surface area contributed by atoms with E-state index in [1.54, 1.807) is 6.20 Å². The van der Waals surface area contributed by atoms with Gasteiger partial charge in [0.25, 0.3) is 5.91 Å². The van der Waals surface area contributed by atoms with E-state index >= 15 is 0 Å². The van der Waals surface area contributed by atoms with E-state index in [9.17, 15) is 9.90 Å². The van der Waals surface area contributed by atoms with Gasteiger partial charge in [0, 0.05) is 32.6 Å². The molecule has 112 valence electrons. The van der Waals surface area contributed by atoms with Crippen molar-refractivity contribution in [1.82, 2.24) is 10.3 Å². The summed E-state index contributed by atoms with van der Waals surface area (Å²) in [6, 6.07) is 3.84. The van der Waals surface area contributed by atoms with Crippen LogP contribution < -0.4 is 5.32 Å². The van der Waals surface area contributed by atoms with Crippen molar-refractivity contribution in [3.8, 4) is 0 Å². The molecule has 21 heavy (non-hydrogen) atoms. The molecule has 0 spiro atoms. The summed E-state index contributed by atoms with van der Waals surface area (Å²) in [6.07, 6.45) is 5.29. The Hall–Kier alpha value is -0.850. The van der Waals surface area contributed by atoms with E-state index in [0.29, 0.717) is 12.1 Å². The van der Waals surface area contributed by atoms with Crippen LogP contribution in [0, 0.1) is 0 Å². The number of halogens is 2. The van der Waals surface area contributed by atoms with E-state index in [1.165, 1.54) is 0 Å². The molecule has 6 heteroatoms. The van der Waals surface area contributed by atoms with Gasteiger partial charge in [0.1, 0.15) is 0 Å². The first-order valence-corrected chi connectivity index (χ1v) is 8.54. The van der Waals surface area contributed by atoms with Crippen molar-refractivity contribution in [1.29, 1.82) is 0 Å². The van der Waals surface area contributed by atoms with Crippen molar-refractivity contribution in [2.45, 2.75) is 31.3 Å². The number of nitrogens with one attached hydrogen (secondary N) is 2. The maximum Gasteiger partial charge on any atom is 0.253 e. The van der Waals surface area contributed by atoms with Gasteiger partial charge >= 0.3 is 0 Å². The van der Waals surface area contributed by atoms with Crippen LogP contribution in [0.5, 0.6) is 0 Å². The number of benzene rings is 1. The third-order valence-electron chi connectivity index (χ3n) is 4.08. The molecule has 2 aromatic rings. The molecule has 1 heterocycles. The SMILES string of the molecule is O=C(NCC1(O)CCCC1)c1c[nH]c2cc(Br)c(Br)cc12. The smallest absolute Gasteiger partial charge is 0.253 e. The van der Waals surface area contributed by atoms with Gasteiger partial charge < -0.3 is 15.4 Å². The first-order valence-electron chi connectivity index (χ1n) is 6.95. The number of fused-ring (bicyclic) bond motifs is 1. The van der Waals surface area contributed by atoms with Crippen LogP contribution in [0.1, 0.15) is 36.0 Å². The van der Waals surface area contributed by atoms with Gasteiger partial charge in [0.15, 0.2) is 0 Å². The number of amides is 1. The van der Waals surface area contributed by atoms with Crippen LogP contribution in [0.15, 0.2) is 27.3 Å². The van der Waals surface area contributed by atoms with Crippen molar-refractivity contribution in [2.24, 2.45) is 0 Å². The summed E-state index contributed by atoms with van der Waals surface area (Å²) in [5, 5.41) is 14.0. The van der Waals surface area contributed by atoms with Crippen LogP contribution in [0.3, 0.4) is 0 Å². The summed E-state index contributed by atoms with van der Waals surface area (Å²) in [5.74, 6) is -0.157. The molecule has 1 amide bonds. The Morgan fingerprint density at radius 3 is 2.67 bits per heavy atom. The zero-order chi connectivity index (χ0) is 15.0. The second kappa shape index (κ2) is 5.74. The Morgan fingerprint density at radius 1 is 1.29 bits per heavy atom. The summed E-state index contributed by atoms with van der Waals surface area (Å²) in [7, 11) is 0. The molecule has 0 unspecified atom stereocenters. The molecule has 3 rings (SSSR count). The number of hydrogen-bond donors (Lipinski definition) is 3. The maximum atomic E-state index is 12.3. The van der Waals surface area contributed by atoms with Crippen LogP contribution in [-0.2, 0) is 0 Å². The third kappa shape index (κ3) is 3.03. The van der Waals surface area contributed by atoms with Gasteiger partial charge in [0.2, 0.25) is 0 Å². The van der Waals surface area contributed by atoms with Gasteiger partial charge in [0.05, 0.1) is 11.2 Å². The highest BCUT2D eigenvalue weighted by molar-refractivity contribution is 9.13. The molecule has 1 aromatic heterocycles. The standard InChI is InChI=1S/C15H16Br2N2O2/c16-11-5-9-10(7-18-13(9)6-12(11)17)14(20)19-8-15(21)3-1-2-4-15/h5-7,18,21H,1-4,8H2,(H,19,20). The van der Waals surface area contributed by atoms with Crippen LogP contribution in [0.2, 0.25) is 0 Å². The van der Waals surface area contributed by atoms with Crippen LogP contribution >= 0.6 is 31.9 Å². The minimum absolute atomic E-state index is 0.157. The molecule has 1 aliphatic rings. The molecule has 4 nitrogen and oxygen atoms in total. The number of carbonyl (C=O) groups is 1. The summed E-state index contributed by atoms with van der Waals surface area (Å²) in [4.78, 5) is 15.4. The Balaban J connectivity index is 1.80. The number of rotatable bonds is 3. The fraction of sp³-hybridized carbons (Fsp3) is 0.400. The van der Waals surface area contributed by atoms with Crippen molar-refractivity contribution in [3.63, 3.8) is 0 Å². The molecular weight excluding hydrogens is 400 g/mol. The minimum atomic E-state index is -0.731. The van der Waals surface area contributed by atoms with Crippen molar-refractivity contribution >= 4 is 48.7 Å². The van der Waals surface area contributed by atoms with E-state index < -0.39 is 5.60 Å². The quantitative estimate of drug-likeness (QED) is 0.714. The number of carbonyl (C=O) groups excluding carboxylic acids is 1. The Morgan fingerprint density at radius 2 is 1.95 bits per heavy atom. The molecule has 1 aliphatic carbocycles. The molecular formula is C15H16Br2N2O2. The van der Waals surface area contributed by atoms with Crippen molar-refractivity contribution in [2.75, 3.05) is 6.54 Å². The summed E-state index contributed by atoms with van der Waals surface area (Å²) in [5.41, 5.74) is 0.764. The first kappa shape index (κ1) is 15.1. The maximum absolute atomic E-state index is 12.3. The molecule has 0 bridgehead atoms. The van der Waals surface area contributed by atoms with Crippen LogP contribution in [0.25, 0.3) is 10.9 Å². The topological polar surface area (TPSA) is 65.1 Å². The van der Waals surface area contributed by atoms with Crippen molar-refractivity contribution < 1.29 is 9.90 Å². The first-order chi connectivity index (χ1) is 9.98. The van der Waals surface area contributed by atoms with Gasteiger partial charge in [-0.3, -0.25) is 4.79 Å². The highest BCUT2D eigenvalue weighted by atomic mass is 79.9. The van der Waals surface area contributed by atoms with Gasteiger partial charge in [-0.15, -0.1) is 0 Å². The predicted octanol–water partition coefficient (Wildman–Crippen LogP) is 3.73. The highest BCUT2D eigenvalue weighted by Crippen LogP contribution is 2.31. The third-order valence-corrected chi connectivity index (χ3v) is 5.92. The number of hydrogen-bond acceptors (Lipinski definition) is 2. The lowest BCUT2D eigenvalue weighted by Crippen LogP contribution is -2.40. The molecule has 1 aromatic carbocycles. The zero-order valence-corrected chi connectivity index (χ0v) is 14.6. The zero-order valence-electron chi connectivity index (χ0n) is 11.4. The summed E-state index contributed by atoms with van der Waals surface area (Å²) >= 11 is 6.90. The van der Waals surface area contributed by atoms with Crippen LogP contribution in [-0.4, -0.2) is 28.1 Å². The largest absolute Gasteiger partial charge is 0.388 e. The van der Waals surface area contributed by atoms with E-state index in [4.69, 9.17) is 0 Å². The summed E-state index contributed by atoms with van der Waals surface area (Å²) < 4.78 is 1.84. The number of aromatic nitrogens is 1. The van der Waals surface area contributed by atoms with Gasteiger partial charge in [-0.05, 0) is 56.8 Å². The normalized spacial score (nSPS) is 17.3. The number of H-pyrrole nitrogens is 1. The number of aliphatic hydroxyl groups is 1. The molecule has 1 fully saturated rings. The van der Waals surface area contributed by atoms with Crippen LogP contribution in [0.4, 0.5) is 0 Å². The fourth-order valence-corrected chi connectivity index (χ4v) is 3.54. The average Bonchev–Trinajstić information content (AvgIpc) is 3.04. The minimum Gasteiger partial charge on any atom is -0.388 e. The fourth-order valence-electron chi connectivity index (χ4n) is 2.85. The van der Waals surface area contributed by atoms with E-state index in [1.807, 2.05) is 12.1 Å². The molecule has 0 aliphatic heterocycles. The lowest BCUT2D eigenvalue weighted by molar-refractivity contribution is 0.0450. The van der Waals surface area contributed by atoms with Gasteiger partial charge in [-0.1, -0.05) is 12.8 Å². The molecule has 1 saturated carbocycles. The van der Waals surface area contributed by atoms with E-state index in [2.05, 4.69) is 42.2 Å². The second-order valence-corrected chi connectivity index (χ2v) is 7.34. The molecule has 0 atom stereocenters. The van der Waals surface area contributed by atoms with E-state index in [0.717, 1.165) is 45.5 Å².